The molecule has 3 rings (SSSR count). The van der Waals surface area contributed by atoms with Crippen LogP contribution < -0.4 is 16.1 Å². The van der Waals surface area contributed by atoms with Crippen molar-refractivity contribution < 1.29 is 42.1 Å². The van der Waals surface area contributed by atoms with Gasteiger partial charge in [0.15, 0.2) is 23.7 Å². The molecule has 2 N–H and O–H groups in total. The minimum absolute atomic E-state index is 0.0279. The Bertz CT molecular complexity index is 1190. The molecule has 2 aromatic rings. The summed E-state index contributed by atoms with van der Waals surface area (Å²) in [7, 11) is -1.86. The maximum atomic E-state index is 15.3. The first-order valence-corrected chi connectivity index (χ1v) is 11.3. The van der Waals surface area contributed by atoms with E-state index in [2.05, 4.69) is 4.74 Å². The number of aliphatic hydroxyl groups excluding tert-OH is 1. The van der Waals surface area contributed by atoms with E-state index in [-0.39, 0.29) is 5.75 Å². The lowest BCUT2D eigenvalue weighted by Crippen LogP contribution is -2.43. The van der Waals surface area contributed by atoms with Crippen molar-refractivity contribution in [2.75, 3.05) is 13.7 Å². The number of nitrogens with one attached hydrogen (secondary N) is 1. The SMILES string of the molecule is COC(=O)C(C)N(Oc1ccc(F)cc1)[P+](=O)OC[C@H]1O[C@@H](n2ccc(=O)[nH]c2=O)[C@](C)(F)[C@@H]1O. The number of methoxy groups -OCH3 is 1. The molecule has 0 radical (unpaired) electrons. The van der Waals surface area contributed by atoms with Gasteiger partial charge in [-0.1, -0.05) is 0 Å². The molecular weight excluding hydrogens is 495 g/mol. The fraction of sp³-hybridized carbons (Fsp3) is 0.450. The van der Waals surface area contributed by atoms with Gasteiger partial charge < -0.3 is 19.4 Å². The van der Waals surface area contributed by atoms with E-state index in [1.807, 2.05) is 4.98 Å². The topological polar surface area (TPSA) is 149 Å². The molecule has 15 heteroatoms. The minimum atomic E-state index is -2.96. The molecule has 190 valence electrons. The van der Waals surface area contributed by atoms with Gasteiger partial charge in [0.25, 0.3) is 5.56 Å². The minimum Gasteiger partial charge on any atom is -0.468 e. The molecule has 2 unspecified atom stereocenters. The first kappa shape index (κ1) is 26.6. The number of aromatic nitrogens is 2. The van der Waals surface area contributed by atoms with Crippen LogP contribution in [-0.2, 0) is 23.4 Å². The van der Waals surface area contributed by atoms with Crippen molar-refractivity contribution in [2.45, 2.75) is 44.0 Å². The van der Waals surface area contributed by atoms with Crippen LogP contribution in [0, 0.1) is 5.82 Å². The van der Waals surface area contributed by atoms with Crippen LogP contribution in [0.3, 0.4) is 0 Å². The Kier molecular flexibility index (Phi) is 8.13. The van der Waals surface area contributed by atoms with Gasteiger partial charge in [-0.2, -0.15) is 0 Å². The molecule has 35 heavy (non-hydrogen) atoms. The second kappa shape index (κ2) is 10.7. The summed E-state index contributed by atoms with van der Waals surface area (Å²) >= 11 is 0. The van der Waals surface area contributed by atoms with Gasteiger partial charge in [-0.05, 0) is 42.7 Å². The quantitative estimate of drug-likeness (QED) is 0.282. The van der Waals surface area contributed by atoms with Gasteiger partial charge in [0.1, 0.15) is 29.5 Å². The summed E-state index contributed by atoms with van der Waals surface area (Å²) in [6.07, 6.45) is -3.84. The molecule has 0 bridgehead atoms. The number of esters is 1. The molecule has 1 fully saturated rings. The van der Waals surface area contributed by atoms with Crippen molar-refractivity contribution in [1.82, 2.24) is 14.4 Å². The lowest BCUT2D eigenvalue weighted by molar-refractivity contribution is -0.152. The number of aromatic amines is 1. The average molecular weight is 518 g/mol. The van der Waals surface area contributed by atoms with Crippen LogP contribution >= 0.6 is 8.18 Å². The number of hydrogen-bond acceptors (Lipinski definition) is 9. The number of aliphatic hydroxyl groups is 1. The smallest absolute Gasteiger partial charge is 0.468 e. The Morgan fingerprint density at radius 2 is 2.00 bits per heavy atom. The summed E-state index contributed by atoms with van der Waals surface area (Å²) in [6.45, 7) is 1.66. The molecule has 1 aliphatic rings. The van der Waals surface area contributed by atoms with Crippen molar-refractivity contribution in [2.24, 2.45) is 0 Å². The van der Waals surface area contributed by atoms with Gasteiger partial charge >= 0.3 is 19.8 Å². The summed E-state index contributed by atoms with van der Waals surface area (Å²) in [5.41, 5.74) is -4.16. The zero-order valence-electron chi connectivity index (χ0n) is 18.8. The lowest BCUT2D eigenvalue weighted by atomic mass is 9.98. The number of halogens is 2. The van der Waals surface area contributed by atoms with E-state index >= 15 is 4.39 Å². The highest BCUT2D eigenvalue weighted by atomic mass is 31.1. The van der Waals surface area contributed by atoms with E-state index in [9.17, 15) is 28.4 Å². The van der Waals surface area contributed by atoms with Gasteiger partial charge in [0.2, 0.25) is 0 Å². The fourth-order valence-corrected chi connectivity index (χ4v) is 4.20. The number of hydrogen-bond donors (Lipinski definition) is 2. The second-order valence-electron chi connectivity index (χ2n) is 7.72. The number of alkyl halides is 1. The fourth-order valence-electron chi connectivity index (χ4n) is 3.27. The highest BCUT2D eigenvalue weighted by Gasteiger charge is 2.56. The number of carbonyl (C=O) groups is 1. The Morgan fingerprint density at radius 1 is 1.34 bits per heavy atom. The molecule has 1 aromatic carbocycles. The summed E-state index contributed by atoms with van der Waals surface area (Å²) in [6, 6.07) is 4.33. The van der Waals surface area contributed by atoms with Crippen molar-refractivity contribution in [3.8, 4) is 5.75 Å². The number of carbonyl (C=O) groups excluding carboxylic acids is 1. The van der Waals surface area contributed by atoms with Crippen molar-refractivity contribution in [3.05, 3.63) is 63.2 Å². The van der Waals surface area contributed by atoms with Crippen LogP contribution in [0.2, 0.25) is 0 Å². The Labute approximate surface area is 197 Å². The van der Waals surface area contributed by atoms with Crippen LogP contribution in [0.1, 0.15) is 20.1 Å². The summed E-state index contributed by atoms with van der Waals surface area (Å²) in [5, 5.41) is 10.4. The second-order valence-corrected chi connectivity index (χ2v) is 8.85. The van der Waals surface area contributed by atoms with Crippen LogP contribution in [0.25, 0.3) is 0 Å². The van der Waals surface area contributed by atoms with Crippen molar-refractivity contribution >= 4 is 14.1 Å². The third-order valence-electron chi connectivity index (χ3n) is 5.22. The maximum absolute atomic E-state index is 15.3. The number of ether oxygens (including phenoxy) is 2. The van der Waals surface area contributed by atoms with Crippen LogP contribution in [0.15, 0.2) is 46.1 Å². The van der Waals surface area contributed by atoms with Crippen molar-refractivity contribution in [1.29, 1.82) is 0 Å². The molecule has 0 saturated carbocycles. The summed E-state index contributed by atoms with van der Waals surface area (Å²) < 4.78 is 57.4. The number of hydroxylamine groups is 1. The Hall–Kier alpha value is -3.03. The molecular formula is C20H23F2N3O9P+. The number of H-pyrrole nitrogens is 1. The lowest BCUT2D eigenvalue weighted by Gasteiger charge is -2.24. The van der Waals surface area contributed by atoms with E-state index in [1.54, 1.807) is 0 Å². The van der Waals surface area contributed by atoms with E-state index in [1.165, 1.54) is 19.1 Å². The molecule has 1 aliphatic heterocycles. The molecule has 1 saturated heterocycles. The first-order chi connectivity index (χ1) is 16.4. The molecule has 6 atom stereocenters. The molecule has 2 heterocycles. The summed E-state index contributed by atoms with van der Waals surface area (Å²) in [4.78, 5) is 43.4. The molecule has 0 amide bonds. The average Bonchev–Trinajstić information content (AvgIpc) is 3.04. The summed E-state index contributed by atoms with van der Waals surface area (Å²) in [5.74, 6) is -1.35. The Morgan fingerprint density at radius 3 is 2.60 bits per heavy atom. The molecule has 0 aliphatic carbocycles. The third-order valence-corrected chi connectivity index (χ3v) is 6.34. The zero-order valence-corrected chi connectivity index (χ0v) is 19.7. The highest BCUT2D eigenvalue weighted by molar-refractivity contribution is 7.36. The third kappa shape index (κ3) is 5.80. The van der Waals surface area contributed by atoms with E-state index in [4.69, 9.17) is 14.1 Å². The normalized spacial score (nSPS) is 25.3. The standard InChI is InChI=1S/C20H22F2N3O9P/c1-11(17(28)31-3)25(34-13-6-4-12(21)5-7-13)35(30)32-10-14-16(27)20(2,22)18(33-14)24-9-8-15(26)23-19(24)29/h4-9,11,14,16,18,27H,10H2,1-3H3/p+1/t11?,14-,16-,18-,20-/m1/s1. The highest BCUT2D eigenvalue weighted by Crippen LogP contribution is 2.42. The monoisotopic (exact) mass is 518 g/mol. The van der Waals surface area contributed by atoms with E-state index in [0.29, 0.717) is 4.83 Å². The number of rotatable bonds is 9. The van der Waals surface area contributed by atoms with Gasteiger partial charge in [0.05, 0.1) is 7.11 Å². The zero-order chi connectivity index (χ0) is 25.9. The van der Waals surface area contributed by atoms with Crippen molar-refractivity contribution in [3.63, 3.8) is 0 Å². The predicted octanol–water partition coefficient (Wildman–Crippen LogP) is 1.19. The number of nitrogens with zero attached hydrogens (tertiary/aromatic N) is 2. The Balaban J connectivity index is 1.75. The predicted molar refractivity (Wildman–Crippen MR) is 115 cm³/mol. The van der Waals surface area contributed by atoms with Crippen LogP contribution in [0.4, 0.5) is 8.78 Å². The van der Waals surface area contributed by atoms with E-state index < -0.39 is 68.0 Å². The van der Waals surface area contributed by atoms with Gasteiger partial charge in [-0.3, -0.25) is 19.1 Å². The van der Waals surface area contributed by atoms with E-state index in [0.717, 1.165) is 43.0 Å². The van der Waals surface area contributed by atoms with Gasteiger partial charge in [-0.15, -0.1) is 4.52 Å². The van der Waals surface area contributed by atoms with Crippen LogP contribution in [-0.4, -0.2) is 63.1 Å². The van der Waals surface area contributed by atoms with Gasteiger partial charge in [0, 0.05) is 12.3 Å². The molecule has 1 aromatic heterocycles. The molecule has 0 spiro atoms. The number of benzene rings is 1. The maximum Gasteiger partial charge on any atom is 0.653 e. The largest absolute Gasteiger partial charge is 0.653 e. The first-order valence-electron chi connectivity index (χ1n) is 10.2. The van der Waals surface area contributed by atoms with Gasteiger partial charge in [-0.25, -0.2) is 13.6 Å². The van der Waals surface area contributed by atoms with Crippen LogP contribution in [0.5, 0.6) is 5.75 Å². The molecule has 12 nitrogen and oxygen atoms in total.